The lowest BCUT2D eigenvalue weighted by atomic mass is 10.4. The van der Waals surface area contributed by atoms with Crippen LogP contribution in [0.1, 0.15) is 16.8 Å². The minimum atomic E-state index is -0.764. The summed E-state index contributed by atoms with van der Waals surface area (Å²) in [5.74, 6) is 0. The Morgan fingerprint density at radius 2 is 2.67 bits per heavy atom. The lowest BCUT2D eigenvalue weighted by Gasteiger charge is -2.00. The number of aryl methyl sites for hydroxylation is 1. The van der Waals surface area contributed by atoms with Gasteiger partial charge in [-0.3, -0.25) is 0 Å². The highest BCUT2D eigenvalue weighted by molar-refractivity contribution is 7.09. The van der Waals surface area contributed by atoms with Crippen LogP contribution in [0.15, 0.2) is 10.5 Å². The average Bonchev–Trinajstić information content (AvgIpc) is 2.47. The quantitative estimate of drug-likeness (QED) is 0.441. The molecule has 0 fully saturated rings. The van der Waals surface area contributed by atoms with Crippen molar-refractivity contribution in [3.8, 4) is 0 Å². The molecule has 64 valence electrons. The van der Waals surface area contributed by atoms with E-state index in [4.69, 9.17) is 5.53 Å². The van der Waals surface area contributed by atoms with E-state index in [1.807, 2.05) is 12.3 Å². The maximum absolute atomic E-state index is 9.35. The Balaban J connectivity index is 2.64. The first-order valence-corrected chi connectivity index (χ1v) is 4.23. The number of aliphatic hydroxyl groups is 1. The molecular weight excluding hydrogens is 176 g/mol. The number of azide groups is 1. The van der Waals surface area contributed by atoms with E-state index in [-0.39, 0.29) is 6.54 Å². The van der Waals surface area contributed by atoms with Gasteiger partial charge in [-0.2, -0.15) is 0 Å². The normalized spacial score (nSPS) is 12.2. The largest absolute Gasteiger partial charge is 0.386 e. The molecule has 1 heterocycles. The highest BCUT2D eigenvalue weighted by Crippen LogP contribution is 2.17. The van der Waals surface area contributed by atoms with Gasteiger partial charge in [0.15, 0.2) is 0 Å². The molecule has 1 rings (SSSR count). The molecule has 1 N–H and O–H groups in total. The van der Waals surface area contributed by atoms with E-state index in [0.29, 0.717) is 5.01 Å². The summed E-state index contributed by atoms with van der Waals surface area (Å²) in [5.41, 5.74) is 8.87. The molecule has 0 aromatic carbocycles. The topological polar surface area (TPSA) is 81.9 Å². The van der Waals surface area contributed by atoms with Crippen LogP contribution in [-0.4, -0.2) is 16.6 Å². The van der Waals surface area contributed by atoms with E-state index < -0.39 is 6.10 Å². The third kappa shape index (κ3) is 2.20. The van der Waals surface area contributed by atoms with Crippen molar-refractivity contribution in [3.05, 3.63) is 26.5 Å². The molecule has 0 aliphatic heterocycles. The summed E-state index contributed by atoms with van der Waals surface area (Å²) in [5, 5.41) is 15.0. The summed E-state index contributed by atoms with van der Waals surface area (Å²) >= 11 is 1.36. The third-order valence-electron chi connectivity index (χ3n) is 1.24. The summed E-state index contributed by atoms with van der Waals surface area (Å²) in [6, 6.07) is 0. The molecule has 5 nitrogen and oxygen atoms in total. The molecule has 0 bridgehead atoms. The van der Waals surface area contributed by atoms with Crippen LogP contribution in [0.4, 0.5) is 0 Å². The van der Waals surface area contributed by atoms with Crippen LogP contribution in [0.25, 0.3) is 10.4 Å². The molecule has 0 amide bonds. The average molecular weight is 184 g/mol. The smallest absolute Gasteiger partial charge is 0.122 e. The van der Waals surface area contributed by atoms with Crippen molar-refractivity contribution in [1.29, 1.82) is 0 Å². The number of aromatic nitrogens is 1. The Kier molecular flexibility index (Phi) is 3.04. The van der Waals surface area contributed by atoms with Crippen LogP contribution in [0.3, 0.4) is 0 Å². The van der Waals surface area contributed by atoms with Gasteiger partial charge >= 0.3 is 0 Å². The van der Waals surface area contributed by atoms with E-state index in [1.54, 1.807) is 0 Å². The molecule has 0 unspecified atom stereocenters. The SMILES string of the molecule is Cc1csc([C@@H](O)CN=[N+]=[N-])n1. The second kappa shape index (κ2) is 4.06. The Bertz CT molecular complexity index is 304. The standard InChI is InChI=1S/C6H8N4OS/c1-4-3-12-6(9-4)5(11)2-8-10-7/h3,5,11H,2H2,1H3/t5-/m0/s1. The van der Waals surface area contributed by atoms with Crippen LogP contribution in [0, 0.1) is 6.92 Å². The fraction of sp³-hybridized carbons (Fsp3) is 0.500. The molecule has 0 radical (unpaired) electrons. The maximum atomic E-state index is 9.35. The molecule has 12 heavy (non-hydrogen) atoms. The van der Waals surface area contributed by atoms with Gasteiger partial charge in [0.1, 0.15) is 11.1 Å². The van der Waals surface area contributed by atoms with E-state index in [1.165, 1.54) is 11.3 Å². The summed E-state index contributed by atoms with van der Waals surface area (Å²) in [6.45, 7) is 1.89. The van der Waals surface area contributed by atoms with Crippen molar-refractivity contribution >= 4 is 11.3 Å². The summed E-state index contributed by atoms with van der Waals surface area (Å²) in [7, 11) is 0. The molecule has 1 aromatic rings. The minimum Gasteiger partial charge on any atom is -0.386 e. The van der Waals surface area contributed by atoms with Crippen LogP contribution in [0.5, 0.6) is 0 Å². The Hall–Kier alpha value is -1.10. The fourth-order valence-electron chi connectivity index (χ4n) is 0.717. The lowest BCUT2D eigenvalue weighted by Crippen LogP contribution is -1.99. The Labute approximate surface area is 73.3 Å². The first-order chi connectivity index (χ1) is 5.74. The molecule has 1 atom stereocenters. The molecule has 6 heteroatoms. The molecule has 0 aliphatic carbocycles. The van der Waals surface area contributed by atoms with Crippen molar-refractivity contribution < 1.29 is 5.11 Å². The van der Waals surface area contributed by atoms with Gasteiger partial charge in [-0.05, 0) is 12.5 Å². The number of thiazole rings is 1. The number of hydrogen-bond donors (Lipinski definition) is 1. The van der Waals surface area contributed by atoms with Crippen molar-refractivity contribution in [1.82, 2.24) is 4.98 Å². The van der Waals surface area contributed by atoms with Crippen molar-refractivity contribution in [2.75, 3.05) is 6.54 Å². The molecule has 0 saturated heterocycles. The van der Waals surface area contributed by atoms with Gasteiger partial charge in [0.05, 0.1) is 6.54 Å². The summed E-state index contributed by atoms with van der Waals surface area (Å²) in [4.78, 5) is 6.60. The predicted octanol–water partition coefficient (Wildman–Crippen LogP) is 1.80. The highest BCUT2D eigenvalue weighted by atomic mass is 32.1. The van der Waals surface area contributed by atoms with Crippen LogP contribution in [0.2, 0.25) is 0 Å². The van der Waals surface area contributed by atoms with E-state index in [2.05, 4.69) is 15.0 Å². The number of aliphatic hydroxyl groups excluding tert-OH is 1. The Morgan fingerprint density at radius 3 is 3.17 bits per heavy atom. The zero-order chi connectivity index (χ0) is 8.97. The second-order valence-electron chi connectivity index (χ2n) is 2.26. The highest BCUT2D eigenvalue weighted by Gasteiger charge is 2.09. The molecule has 0 aliphatic rings. The van der Waals surface area contributed by atoms with Crippen molar-refractivity contribution in [3.63, 3.8) is 0 Å². The molecule has 1 aromatic heterocycles. The zero-order valence-corrected chi connectivity index (χ0v) is 7.32. The van der Waals surface area contributed by atoms with Crippen LogP contribution < -0.4 is 0 Å². The summed E-state index contributed by atoms with van der Waals surface area (Å²) in [6.07, 6.45) is -0.764. The van der Waals surface area contributed by atoms with E-state index >= 15 is 0 Å². The first-order valence-electron chi connectivity index (χ1n) is 3.35. The Morgan fingerprint density at radius 1 is 1.92 bits per heavy atom. The number of rotatable bonds is 3. The van der Waals surface area contributed by atoms with Gasteiger partial charge in [-0.1, -0.05) is 5.11 Å². The van der Waals surface area contributed by atoms with Crippen molar-refractivity contribution in [2.24, 2.45) is 5.11 Å². The van der Waals surface area contributed by atoms with Crippen molar-refractivity contribution in [2.45, 2.75) is 13.0 Å². The van der Waals surface area contributed by atoms with Gasteiger partial charge in [0, 0.05) is 16.0 Å². The van der Waals surface area contributed by atoms with Gasteiger partial charge in [0.25, 0.3) is 0 Å². The fourth-order valence-corrected chi connectivity index (χ4v) is 1.49. The minimum absolute atomic E-state index is 0.0451. The van der Waals surface area contributed by atoms with Gasteiger partial charge in [0.2, 0.25) is 0 Å². The monoisotopic (exact) mass is 184 g/mol. The van der Waals surface area contributed by atoms with Crippen LogP contribution in [-0.2, 0) is 0 Å². The molecule has 0 spiro atoms. The molecular formula is C6H8N4OS. The third-order valence-corrected chi connectivity index (χ3v) is 2.30. The second-order valence-corrected chi connectivity index (χ2v) is 3.15. The number of nitrogens with zero attached hydrogens (tertiary/aromatic N) is 4. The zero-order valence-electron chi connectivity index (χ0n) is 6.51. The maximum Gasteiger partial charge on any atom is 0.122 e. The van der Waals surface area contributed by atoms with E-state index in [9.17, 15) is 5.11 Å². The molecule has 0 saturated carbocycles. The summed E-state index contributed by atoms with van der Waals surface area (Å²) < 4.78 is 0. The lowest BCUT2D eigenvalue weighted by molar-refractivity contribution is 0.186. The van der Waals surface area contributed by atoms with E-state index in [0.717, 1.165) is 5.69 Å². The predicted molar refractivity (Wildman–Crippen MR) is 45.8 cm³/mol. The number of hydrogen-bond acceptors (Lipinski definition) is 4. The van der Waals surface area contributed by atoms with Gasteiger partial charge < -0.3 is 5.11 Å². The van der Waals surface area contributed by atoms with Gasteiger partial charge in [-0.25, -0.2) is 4.98 Å². The van der Waals surface area contributed by atoms with Crippen LogP contribution >= 0.6 is 11.3 Å². The van der Waals surface area contributed by atoms with Gasteiger partial charge in [-0.15, -0.1) is 11.3 Å². The first kappa shape index (κ1) is 8.99.